The fourth-order valence-corrected chi connectivity index (χ4v) is 2.60. The number of carbonyl (C=O) groups excluding carboxylic acids is 2. The second kappa shape index (κ2) is 8.13. The topological polar surface area (TPSA) is 93.7 Å². The molecule has 2 rings (SSSR count). The minimum atomic E-state index is -0.491. The van der Waals surface area contributed by atoms with Crippen molar-refractivity contribution in [1.82, 2.24) is 15.3 Å². The number of nitrogens with one attached hydrogen (secondary N) is 1. The summed E-state index contributed by atoms with van der Waals surface area (Å²) in [7, 11) is 1.33. The van der Waals surface area contributed by atoms with Gasteiger partial charge in [-0.05, 0) is 45.6 Å². The predicted octanol–water partition coefficient (Wildman–Crippen LogP) is 2.00. The second-order valence-electron chi connectivity index (χ2n) is 7.05. The number of methoxy groups -OCH3 is 1. The van der Waals surface area contributed by atoms with Crippen molar-refractivity contribution in [2.75, 3.05) is 31.6 Å². The van der Waals surface area contributed by atoms with E-state index in [2.05, 4.69) is 20.0 Å². The summed E-state index contributed by atoms with van der Waals surface area (Å²) in [5, 5.41) is 2.82. The maximum atomic E-state index is 11.7. The quantitative estimate of drug-likeness (QED) is 0.830. The van der Waals surface area contributed by atoms with Gasteiger partial charge >= 0.3 is 12.1 Å². The summed E-state index contributed by atoms with van der Waals surface area (Å²) in [5.41, 5.74) is -0.240. The molecule has 25 heavy (non-hydrogen) atoms. The number of piperidine rings is 1. The molecule has 1 amide bonds. The van der Waals surface area contributed by atoms with Gasteiger partial charge in [0.05, 0.1) is 7.11 Å². The normalized spacial score (nSPS) is 15.6. The van der Waals surface area contributed by atoms with Gasteiger partial charge in [-0.15, -0.1) is 0 Å². The summed E-state index contributed by atoms with van der Waals surface area (Å²) < 4.78 is 9.93. The van der Waals surface area contributed by atoms with E-state index in [-0.39, 0.29) is 11.8 Å². The first-order chi connectivity index (χ1) is 11.8. The molecule has 1 N–H and O–H groups in total. The standard InChI is InChI=1S/C17H26N4O4/c1-17(2,3)25-16(23)19-11-12-6-9-21(10-7-12)15-18-8-5-13(20-15)14(22)24-4/h5,8,12H,6-7,9-11H2,1-4H3,(H,19,23). The van der Waals surface area contributed by atoms with Crippen molar-refractivity contribution in [1.29, 1.82) is 0 Å². The van der Waals surface area contributed by atoms with E-state index in [4.69, 9.17) is 4.74 Å². The van der Waals surface area contributed by atoms with Gasteiger partial charge in [0, 0.05) is 25.8 Å². The molecule has 8 heteroatoms. The first kappa shape index (κ1) is 19.0. The third-order valence-corrected chi connectivity index (χ3v) is 3.87. The molecule has 0 atom stereocenters. The molecule has 1 aromatic heterocycles. The van der Waals surface area contributed by atoms with Crippen LogP contribution in [0, 0.1) is 5.92 Å². The van der Waals surface area contributed by atoms with Crippen molar-refractivity contribution >= 4 is 18.0 Å². The van der Waals surface area contributed by atoms with E-state index in [1.165, 1.54) is 13.2 Å². The number of nitrogens with zero attached hydrogens (tertiary/aromatic N) is 3. The van der Waals surface area contributed by atoms with Crippen LogP contribution >= 0.6 is 0 Å². The molecule has 0 radical (unpaired) electrons. The van der Waals surface area contributed by atoms with Crippen LogP contribution in [-0.4, -0.2) is 54.4 Å². The van der Waals surface area contributed by atoms with E-state index in [1.54, 1.807) is 6.20 Å². The van der Waals surface area contributed by atoms with Gasteiger partial charge in [-0.3, -0.25) is 0 Å². The fourth-order valence-electron chi connectivity index (χ4n) is 2.60. The highest BCUT2D eigenvalue weighted by Crippen LogP contribution is 2.20. The highest BCUT2D eigenvalue weighted by atomic mass is 16.6. The average Bonchev–Trinajstić information content (AvgIpc) is 2.58. The summed E-state index contributed by atoms with van der Waals surface area (Å²) in [5.74, 6) is 0.439. The molecular formula is C17H26N4O4. The van der Waals surface area contributed by atoms with Crippen LogP contribution in [0.15, 0.2) is 12.3 Å². The summed E-state index contributed by atoms with van der Waals surface area (Å²) in [4.78, 5) is 33.8. The molecule has 1 aliphatic rings. The Morgan fingerprint density at radius 2 is 2.00 bits per heavy atom. The van der Waals surface area contributed by atoms with Crippen LogP contribution in [0.25, 0.3) is 0 Å². The van der Waals surface area contributed by atoms with Crippen molar-refractivity contribution in [3.8, 4) is 0 Å². The van der Waals surface area contributed by atoms with E-state index in [0.717, 1.165) is 25.9 Å². The largest absolute Gasteiger partial charge is 0.464 e. The number of ether oxygens (including phenoxy) is 2. The zero-order valence-electron chi connectivity index (χ0n) is 15.2. The molecule has 0 spiro atoms. The average molecular weight is 350 g/mol. The molecule has 2 heterocycles. The van der Waals surface area contributed by atoms with Crippen LogP contribution in [0.2, 0.25) is 0 Å². The van der Waals surface area contributed by atoms with E-state index < -0.39 is 11.6 Å². The molecule has 0 unspecified atom stereocenters. The number of hydrogen-bond acceptors (Lipinski definition) is 7. The highest BCUT2D eigenvalue weighted by molar-refractivity contribution is 5.87. The van der Waals surface area contributed by atoms with Crippen LogP contribution in [0.1, 0.15) is 44.1 Å². The monoisotopic (exact) mass is 350 g/mol. The first-order valence-corrected chi connectivity index (χ1v) is 8.41. The summed E-state index contributed by atoms with van der Waals surface area (Å²) >= 11 is 0. The third-order valence-electron chi connectivity index (χ3n) is 3.87. The lowest BCUT2D eigenvalue weighted by Crippen LogP contribution is -2.40. The molecule has 1 aliphatic heterocycles. The van der Waals surface area contributed by atoms with Gasteiger partial charge < -0.3 is 19.7 Å². The molecule has 0 aliphatic carbocycles. The Hall–Kier alpha value is -2.38. The summed E-state index contributed by atoms with van der Waals surface area (Å²) in [6.45, 7) is 7.65. The lowest BCUT2D eigenvalue weighted by molar-refractivity contribution is 0.0515. The second-order valence-corrected chi connectivity index (χ2v) is 7.05. The molecule has 138 valence electrons. The Bertz CT molecular complexity index is 607. The van der Waals surface area contributed by atoms with Crippen LogP contribution < -0.4 is 10.2 Å². The molecule has 1 saturated heterocycles. The predicted molar refractivity (Wildman–Crippen MR) is 92.5 cm³/mol. The number of anilines is 1. The van der Waals surface area contributed by atoms with Crippen molar-refractivity contribution in [2.24, 2.45) is 5.92 Å². The third kappa shape index (κ3) is 5.88. The summed E-state index contributed by atoms with van der Waals surface area (Å²) in [6.07, 6.45) is 2.98. The molecule has 8 nitrogen and oxygen atoms in total. The number of esters is 1. The zero-order valence-corrected chi connectivity index (χ0v) is 15.2. The lowest BCUT2D eigenvalue weighted by atomic mass is 9.97. The fraction of sp³-hybridized carbons (Fsp3) is 0.647. The van der Waals surface area contributed by atoms with Crippen molar-refractivity contribution in [3.05, 3.63) is 18.0 Å². The Balaban J connectivity index is 1.82. The summed E-state index contributed by atoms with van der Waals surface area (Å²) in [6, 6.07) is 1.53. The highest BCUT2D eigenvalue weighted by Gasteiger charge is 2.23. The smallest absolute Gasteiger partial charge is 0.407 e. The van der Waals surface area contributed by atoms with Gasteiger partial charge in [-0.1, -0.05) is 0 Å². The van der Waals surface area contributed by atoms with Crippen molar-refractivity contribution in [2.45, 2.75) is 39.2 Å². The van der Waals surface area contributed by atoms with Crippen molar-refractivity contribution in [3.63, 3.8) is 0 Å². The van der Waals surface area contributed by atoms with Crippen LogP contribution in [0.3, 0.4) is 0 Å². The minimum Gasteiger partial charge on any atom is -0.464 e. The first-order valence-electron chi connectivity index (χ1n) is 8.41. The Morgan fingerprint density at radius 3 is 2.60 bits per heavy atom. The number of carbonyl (C=O) groups is 2. The number of aromatic nitrogens is 2. The number of rotatable bonds is 4. The van der Waals surface area contributed by atoms with E-state index in [9.17, 15) is 9.59 Å². The molecule has 1 fully saturated rings. The van der Waals surface area contributed by atoms with Crippen molar-refractivity contribution < 1.29 is 19.1 Å². The molecule has 0 aromatic carbocycles. The van der Waals surface area contributed by atoms with E-state index >= 15 is 0 Å². The van der Waals surface area contributed by atoms with Crippen LogP contribution in [0.4, 0.5) is 10.7 Å². The Morgan fingerprint density at radius 1 is 1.32 bits per heavy atom. The van der Waals surface area contributed by atoms with Crippen LogP contribution in [-0.2, 0) is 9.47 Å². The molecule has 0 bridgehead atoms. The number of amides is 1. The number of hydrogen-bond donors (Lipinski definition) is 1. The Labute approximate surface area is 147 Å². The van der Waals surface area contributed by atoms with Gasteiger partial charge in [0.1, 0.15) is 5.60 Å². The van der Waals surface area contributed by atoms with Gasteiger partial charge in [0.25, 0.3) is 0 Å². The maximum absolute atomic E-state index is 11.7. The van der Waals surface area contributed by atoms with E-state index in [1.807, 2.05) is 25.7 Å². The molecule has 0 saturated carbocycles. The molecular weight excluding hydrogens is 324 g/mol. The SMILES string of the molecule is COC(=O)c1ccnc(N2CCC(CNC(=O)OC(C)(C)C)CC2)n1. The zero-order chi connectivity index (χ0) is 18.4. The maximum Gasteiger partial charge on any atom is 0.407 e. The Kier molecular flexibility index (Phi) is 6.17. The van der Waals surface area contributed by atoms with Gasteiger partial charge in [0.2, 0.25) is 5.95 Å². The van der Waals surface area contributed by atoms with E-state index in [0.29, 0.717) is 18.4 Å². The van der Waals surface area contributed by atoms with Gasteiger partial charge in [-0.25, -0.2) is 19.6 Å². The minimum absolute atomic E-state index is 0.251. The van der Waals surface area contributed by atoms with Gasteiger partial charge in [-0.2, -0.15) is 0 Å². The number of alkyl carbamates (subject to hydrolysis) is 1. The van der Waals surface area contributed by atoms with Gasteiger partial charge in [0.15, 0.2) is 5.69 Å². The van der Waals surface area contributed by atoms with Crippen LogP contribution in [0.5, 0.6) is 0 Å². The lowest BCUT2D eigenvalue weighted by Gasteiger charge is -2.32. The molecule has 1 aromatic rings.